The van der Waals surface area contributed by atoms with Crippen LogP contribution in [0.2, 0.25) is 0 Å². The van der Waals surface area contributed by atoms with Crippen molar-refractivity contribution in [2.75, 3.05) is 0 Å². The molecule has 2 aromatic carbocycles. The van der Waals surface area contributed by atoms with E-state index >= 15 is 0 Å². The average molecular weight is 218 g/mol. The van der Waals surface area contributed by atoms with Gasteiger partial charge in [-0.05, 0) is 29.8 Å². The molecule has 0 aromatic heterocycles. The fourth-order valence-electron chi connectivity index (χ4n) is 1.34. The average Bonchev–Trinajstić information content (AvgIpc) is 2.33. The van der Waals surface area contributed by atoms with Gasteiger partial charge in [0.15, 0.2) is 11.6 Å². The van der Waals surface area contributed by atoms with E-state index in [0.717, 1.165) is 0 Å². The van der Waals surface area contributed by atoms with Crippen molar-refractivity contribution in [3.63, 3.8) is 0 Å². The zero-order valence-electron chi connectivity index (χ0n) is 8.56. The van der Waals surface area contributed by atoms with Gasteiger partial charge in [-0.25, -0.2) is 4.39 Å². The van der Waals surface area contributed by atoms with Crippen molar-refractivity contribution in [2.24, 2.45) is 0 Å². The predicted octanol–water partition coefficient (Wildman–Crippen LogP) is 3.11. The highest BCUT2D eigenvalue weighted by molar-refractivity contribution is 5.34. The number of rotatable bonds is 3. The van der Waals surface area contributed by atoms with Crippen LogP contribution in [-0.2, 0) is 6.61 Å². The molecule has 0 aliphatic rings. The van der Waals surface area contributed by atoms with E-state index in [2.05, 4.69) is 0 Å². The molecule has 0 unspecified atom stereocenters. The lowest BCUT2D eigenvalue weighted by Gasteiger charge is -2.07. The van der Waals surface area contributed by atoms with Crippen molar-refractivity contribution in [1.29, 1.82) is 0 Å². The highest BCUT2D eigenvalue weighted by Gasteiger charge is 2.05. The molecule has 0 radical (unpaired) electrons. The van der Waals surface area contributed by atoms with Gasteiger partial charge in [-0.2, -0.15) is 0 Å². The molecule has 1 N–H and O–H groups in total. The van der Waals surface area contributed by atoms with Crippen molar-refractivity contribution in [3.05, 3.63) is 59.9 Å². The van der Waals surface area contributed by atoms with Crippen LogP contribution < -0.4 is 4.74 Å². The molecule has 0 spiro atoms. The Hall–Kier alpha value is -1.87. The summed E-state index contributed by atoms with van der Waals surface area (Å²) in [7, 11) is 0. The molecule has 2 nitrogen and oxygen atoms in total. The molecule has 2 rings (SSSR count). The van der Waals surface area contributed by atoms with Crippen molar-refractivity contribution in [1.82, 2.24) is 0 Å². The fourth-order valence-corrected chi connectivity index (χ4v) is 1.34. The first-order chi connectivity index (χ1) is 7.79. The zero-order valence-corrected chi connectivity index (χ0v) is 8.56. The van der Waals surface area contributed by atoms with Gasteiger partial charge < -0.3 is 9.84 Å². The van der Waals surface area contributed by atoms with Gasteiger partial charge in [0.1, 0.15) is 5.75 Å². The van der Waals surface area contributed by atoms with Crippen LogP contribution >= 0.6 is 0 Å². The summed E-state index contributed by atoms with van der Waals surface area (Å²) >= 11 is 0. The largest absolute Gasteiger partial charge is 0.454 e. The van der Waals surface area contributed by atoms with Crippen LogP contribution in [0.5, 0.6) is 11.5 Å². The van der Waals surface area contributed by atoms with Gasteiger partial charge in [0.25, 0.3) is 0 Å². The third kappa shape index (κ3) is 2.38. The van der Waals surface area contributed by atoms with Crippen LogP contribution in [0.25, 0.3) is 0 Å². The molecule has 0 aliphatic carbocycles. The smallest absolute Gasteiger partial charge is 0.166 e. The topological polar surface area (TPSA) is 29.5 Å². The maximum Gasteiger partial charge on any atom is 0.166 e. The van der Waals surface area contributed by atoms with Gasteiger partial charge in [0.2, 0.25) is 0 Å². The SMILES string of the molecule is OCc1ccc(Oc2ccccc2)c(F)c1. The molecule has 16 heavy (non-hydrogen) atoms. The Morgan fingerprint density at radius 3 is 2.44 bits per heavy atom. The maximum absolute atomic E-state index is 13.5. The summed E-state index contributed by atoms with van der Waals surface area (Å²) in [5.41, 5.74) is 0.526. The molecular weight excluding hydrogens is 207 g/mol. The van der Waals surface area contributed by atoms with Crippen LogP contribution in [0.1, 0.15) is 5.56 Å². The van der Waals surface area contributed by atoms with Crippen LogP contribution in [0.3, 0.4) is 0 Å². The Bertz CT molecular complexity index is 469. The summed E-state index contributed by atoms with van der Waals surface area (Å²) in [6, 6.07) is 13.4. The van der Waals surface area contributed by atoms with Crippen molar-refractivity contribution < 1.29 is 14.2 Å². The van der Waals surface area contributed by atoms with Crippen LogP contribution in [0.15, 0.2) is 48.5 Å². The normalized spacial score (nSPS) is 10.1. The van der Waals surface area contributed by atoms with Crippen molar-refractivity contribution in [2.45, 2.75) is 6.61 Å². The number of aliphatic hydroxyl groups excluding tert-OH is 1. The maximum atomic E-state index is 13.5. The summed E-state index contributed by atoms with van der Waals surface area (Å²) in [6.45, 7) is -0.178. The third-order valence-corrected chi connectivity index (χ3v) is 2.15. The number of aliphatic hydroxyl groups is 1. The molecule has 0 fully saturated rings. The minimum atomic E-state index is -0.476. The number of halogens is 1. The number of para-hydroxylation sites is 1. The second kappa shape index (κ2) is 4.77. The molecule has 82 valence electrons. The first kappa shape index (κ1) is 10.6. The molecule has 0 amide bonds. The molecule has 3 heteroatoms. The Morgan fingerprint density at radius 1 is 1.06 bits per heavy atom. The van der Waals surface area contributed by atoms with Gasteiger partial charge in [-0.3, -0.25) is 0 Å². The van der Waals surface area contributed by atoms with Crippen molar-refractivity contribution >= 4 is 0 Å². The van der Waals surface area contributed by atoms with Crippen LogP contribution in [-0.4, -0.2) is 5.11 Å². The van der Waals surface area contributed by atoms with E-state index in [-0.39, 0.29) is 12.4 Å². The lowest BCUT2D eigenvalue weighted by atomic mass is 10.2. The molecule has 0 atom stereocenters. The van der Waals surface area contributed by atoms with Gasteiger partial charge in [-0.1, -0.05) is 24.3 Å². The third-order valence-electron chi connectivity index (χ3n) is 2.15. The molecule has 0 bridgehead atoms. The second-order valence-corrected chi connectivity index (χ2v) is 3.34. The molecular formula is C13H11FO2. The number of hydrogen-bond acceptors (Lipinski definition) is 2. The van der Waals surface area contributed by atoms with Gasteiger partial charge in [0.05, 0.1) is 6.61 Å². The Morgan fingerprint density at radius 2 is 1.81 bits per heavy atom. The number of hydrogen-bond donors (Lipinski definition) is 1. The van der Waals surface area contributed by atoms with Gasteiger partial charge >= 0.3 is 0 Å². The molecule has 2 aromatic rings. The summed E-state index contributed by atoms with van der Waals surface area (Å²) in [4.78, 5) is 0. The molecule has 0 heterocycles. The summed E-state index contributed by atoms with van der Waals surface area (Å²) in [5.74, 6) is 0.261. The van der Waals surface area contributed by atoms with E-state index in [1.54, 1.807) is 18.2 Å². The lowest BCUT2D eigenvalue weighted by Crippen LogP contribution is -1.90. The zero-order chi connectivity index (χ0) is 11.4. The van der Waals surface area contributed by atoms with Crippen LogP contribution in [0.4, 0.5) is 4.39 Å². The van der Waals surface area contributed by atoms with E-state index in [1.165, 1.54) is 12.1 Å². The fraction of sp³-hybridized carbons (Fsp3) is 0.0769. The molecule has 0 saturated carbocycles. The predicted molar refractivity (Wildman–Crippen MR) is 58.8 cm³/mol. The molecule has 0 aliphatic heterocycles. The van der Waals surface area contributed by atoms with Gasteiger partial charge in [0, 0.05) is 0 Å². The Balaban J connectivity index is 2.22. The standard InChI is InChI=1S/C13H11FO2/c14-12-8-10(9-15)6-7-13(12)16-11-4-2-1-3-5-11/h1-8,15H,9H2. The quantitative estimate of drug-likeness (QED) is 0.857. The number of benzene rings is 2. The van der Waals surface area contributed by atoms with E-state index in [0.29, 0.717) is 11.3 Å². The first-order valence-corrected chi connectivity index (χ1v) is 4.92. The summed E-state index contributed by atoms with van der Waals surface area (Å²) in [5, 5.41) is 8.84. The second-order valence-electron chi connectivity index (χ2n) is 3.34. The highest BCUT2D eigenvalue weighted by Crippen LogP contribution is 2.24. The minimum absolute atomic E-state index is 0.156. The Labute approximate surface area is 92.9 Å². The Kier molecular flexibility index (Phi) is 3.17. The highest BCUT2D eigenvalue weighted by atomic mass is 19.1. The summed E-state index contributed by atoms with van der Waals surface area (Å²) < 4.78 is 18.8. The monoisotopic (exact) mass is 218 g/mol. The lowest BCUT2D eigenvalue weighted by molar-refractivity contribution is 0.281. The minimum Gasteiger partial charge on any atom is -0.454 e. The summed E-state index contributed by atoms with van der Waals surface area (Å²) in [6.07, 6.45) is 0. The first-order valence-electron chi connectivity index (χ1n) is 4.92. The van der Waals surface area contributed by atoms with E-state index in [9.17, 15) is 4.39 Å². The van der Waals surface area contributed by atoms with Crippen LogP contribution in [0, 0.1) is 5.82 Å². The molecule has 0 saturated heterocycles. The van der Waals surface area contributed by atoms with E-state index < -0.39 is 5.82 Å². The van der Waals surface area contributed by atoms with E-state index in [4.69, 9.17) is 9.84 Å². The van der Waals surface area contributed by atoms with Crippen molar-refractivity contribution in [3.8, 4) is 11.5 Å². The number of ether oxygens (including phenoxy) is 1. The van der Waals surface area contributed by atoms with Gasteiger partial charge in [-0.15, -0.1) is 0 Å². The van der Waals surface area contributed by atoms with E-state index in [1.807, 2.05) is 18.2 Å².